The van der Waals surface area contributed by atoms with Crippen LogP contribution >= 0.6 is 0 Å². The van der Waals surface area contributed by atoms with Gasteiger partial charge in [-0.15, -0.1) is 0 Å². The minimum atomic E-state index is -5.06. The molecule has 1 heterocycles. The summed E-state index contributed by atoms with van der Waals surface area (Å²) in [6, 6.07) is 7.73. The molecule has 2 fully saturated rings. The Bertz CT molecular complexity index is 854. The Morgan fingerprint density at radius 1 is 1.30 bits per heavy atom. The van der Waals surface area contributed by atoms with Gasteiger partial charge in [-0.2, -0.15) is 18.4 Å². The highest BCUT2D eigenvalue weighted by atomic mass is 19.4. The van der Waals surface area contributed by atoms with Crippen molar-refractivity contribution in [3.05, 3.63) is 35.9 Å². The lowest BCUT2D eigenvalue weighted by molar-refractivity contribution is -0.274. The van der Waals surface area contributed by atoms with Crippen LogP contribution in [-0.4, -0.2) is 49.3 Å². The van der Waals surface area contributed by atoms with Gasteiger partial charge in [0, 0.05) is 19.2 Å². The monoisotopic (exact) mass is 424 g/mol. The lowest BCUT2D eigenvalue weighted by Gasteiger charge is -2.58. The van der Waals surface area contributed by atoms with Crippen LogP contribution in [0.25, 0.3) is 0 Å². The second-order valence-electron chi connectivity index (χ2n) is 7.61. The highest BCUT2D eigenvalue weighted by Crippen LogP contribution is 2.56. The number of amides is 1. The summed E-state index contributed by atoms with van der Waals surface area (Å²) in [7, 11) is 0.837. The predicted molar refractivity (Wildman–Crippen MR) is 98.7 cm³/mol. The number of carbonyl (C=O) groups excluding carboxylic acids is 2. The normalized spacial score (nSPS) is 27.8. The first kappa shape index (κ1) is 22.1. The van der Waals surface area contributed by atoms with Crippen LogP contribution in [0.2, 0.25) is 0 Å². The summed E-state index contributed by atoms with van der Waals surface area (Å²) in [6.07, 6.45) is -4.22. The minimum Gasteiger partial charge on any atom is -0.466 e. The summed E-state index contributed by atoms with van der Waals surface area (Å²) in [4.78, 5) is 27.2. The molecule has 1 aromatic carbocycles. The molecular formula is C21H23F3N2O4. The van der Waals surface area contributed by atoms with Crippen molar-refractivity contribution >= 4 is 11.9 Å². The van der Waals surface area contributed by atoms with Crippen molar-refractivity contribution in [1.29, 1.82) is 5.26 Å². The van der Waals surface area contributed by atoms with Gasteiger partial charge in [0.15, 0.2) is 0 Å². The number of rotatable bonds is 5. The van der Waals surface area contributed by atoms with Gasteiger partial charge in [-0.3, -0.25) is 9.59 Å². The molecule has 1 aliphatic carbocycles. The van der Waals surface area contributed by atoms with Gasteiger partial charge in [-0.05, 0) is 26.2 Å². The summed E-state index contributed by atoms with van der Waals surface area (Å²) >= 11 is 0. The van der Waals surface area contributed by atoms with Crippen molar-refractivity contribution in [3.8, 4) is 6.07 Å². The second kappa shape index (κ2) is 7.91. The first-order valence-corrected chi connectivity index (χ1v) is 9.75. The van der Waals surface area contributed by atoms with Gasteiger partial charge in [0.1, 0.15) is 0 Å². The molecule has 2 aliphatic rings. The third-order valence-corrected chi connectivity index (χ3v) is 6.18. The zero-order valence-corrected chi connectivity index (χ0v) is 16.7. The van der Waals surface area contributed by atoms with E-state index in [4.69, 9.17) is 9.47 Å². The van der Waals surface area contributed by atoms with Crippen molar-refractivity contribution in [2.75, 3.05) is 20.3 Å². The van der Waals surface area contributed by atoms with Gasteiger partial charge in [-0.1, -0.05) is 30.3 Å². The van der Waals surface area contributed by atoms with Crippen molar-refractivity contribution in [2.24, 2.45) is 11.3 Å². The van der Waals surface area contributed by atoms with Crippen LogP contribution in [0.5, 0.6) is 0 Å². The summed E-state index contributed by atoms with van der Waals surface area (Å²) in [5.41, 5.74) is -4.75. The van der Waals surface area contributed by atoms with E-state index in [1.54, 1.807) is 6.92 Å². The Balaban J connectivity index is 2.09. The molecule has 3 rings (SSSR count). The first-order chi connectivity index (χ1) is 14.2. The molecule has 1 amide bonds. The number of nitriles is 1. The molecule has 9 heteroatoms. The van der Waals surface area contributed by atoms with Crippen LogP contribution in [0.3, 0.4) is 0 Å². The van der Waals surface area contributed by atoms with E-state index in [1.165, 1.54) is 30.3 Å². The van der Waals surface area contributed by atoms with E-state index in [2.05, 4.69) is 0 Å². The van der Waals surface area contributed by atoms with Gasteiger partial charge in [-0.25, -0.2) is 0 Å². The van der Waals surface area contributed by atoms with Gasteiger partial charge in [0.05, 0.1) is 30.1 Å². The minimum absolute atomic E-state index is 0.00312. The van der Waals surface area contributed by atoms with E-state index < -0.39 is 41.0 Å². The Kier molecular flexibility index (Phi) is 5.83. The molecule has 3 unspecified atom stereocenters. The van der Waals surface area contributed by atoms with Crippen LogP contribution in [-0.2, 0) is 24.7 Å². The predicted octanol–water partition coefficient (Wildman–Crippen LogP) is 3.17. The number of nitrogens with zero attached hydrogens (tertiary/aromatic N) is 2. The third-order valence-electron chi connectivity index (χ3n) is 6.18. The molecule has 162 valence electrons. The molecule has 0 spiro atoms. The fourth-order valence-corrected chi connectivity index (χ4v) is 4.85. The van der Waals surface area contributed by atoms with Gasteiger partial charge < -0.3 is 14.4 Å². The molecule has 4 atom stereocenters. The third kappa shape index (κ3) is 3.05. The van der Waals surface area contributed by atoms with E-state index >= 15 is 0 Å². The number of ether oxygens (including phenoxy) is 2. The fourth-order valence-electron chi connectivity index (χ4n) is 4.85. The van der Waals surface area contributed by atoms with E-state index in [9.17, 15) is 28.0 Å². The van der Waals surface area contributed by atoms with Crippen molar-refractivity contribution in [2.45, 2.75) is 44.0 Å². The molecule has 1 aliphatic heterocycles. The Morgan fingerprint density at radius 2 is 1.97 bits per heavy atom. The van der Waals surface area contributed by atoms with E-state index in [-0.39, 0.29) is 25.1 Å². The lowest BCUT2D eigenvalue weighted by Crippen LogP contribution is -2.71. The molecule has 1 saturated heterocycles. The highest BCUT2D eigenvalue weighted by Gasteiger charge is 2.69. The molecule has 0 radical (unpaired) electrons. The van der Waals surface area contributed by atoms with E-state index in [0.717, 1.165) is 12.0 Å². The number of esters is 1. The maximum atomic E-state index is 14.3. The van der Waals surface area contributed by atoms with Gasteiger partial charge >= 0.3 is 12.1 Å². The quantitative estimate of drug-likeness (QED) is 0.679. The molecule has 6 nitrogen and oxygen atoms in total. The first-order valence-electron chi connectivity index (χ1n) is 9.75. The molecular weight excluding hydrogens is 401 g/mol. The number of fused-ring (bicyclic) bond motifs is 1. The molecule has 1 aromatic rings. The van der Waals surface area contributed by atoms with Crippen LogP contribution < -0.4 is 0 Å². The average Bonchev–Trinajstić information content (AvgIpc) is 2.69. The van der Waals surface area contributed by atoms with Crippen molar-refractivity contribution in [3.63, 3.8) is 0 Å². The number of methoxy groups -OCH3 is 1. The summed E-state index contributed by atoms with van der Waals surface area (Å²) in [5, 5.41) is 9.49. The number of hydrogen-bond donors (Lipinski definition) is 0. The van der Waals surface area contributed by atoms with Crippen LogP contribution in [0, 0.1) is 22.7 Å². The van der Waals surface area contributed by atoms with Crippen LogP contribution in [0.1, 0.15) is 31.7 Å². The van der Waals surface area contributed by atoms with Crippen molar-refractivity contribution < 1.29 is 32.2 Å². The number of hydrogen-bond acceptors (Lipinski definition) is 5. The van der Waals surface area contributed by atoms with E-state index in [1.807, 2.05) is 6.07 Å². The molecule has 0 N–H and O–H groups in total. The van der Waals surface area contributed by atoms with Crippen LogP contribution in [0.15, 0.2) is 30.3 Å². The zero-order chi connectivity index (χ0) is 22.2. The number of halogens is 3. The summed E-state index contributed by atoms with van der Waals surface area (Å²) in [5.74, 6) is -2.65. The van der Waals surface area contributed by atoms with Crippen LogP contribution in [0.4, 0.5) is 13.2 Å². The van der Waals surface area contributed by atoms with Gasteiger partial charge in [0.25, 0.3) is 11.5 Å². The highest BCUT2D eigenvalue weighted by molar-refractivity contribution is 5.90. The largest absolute Gasteiger partial charge is 0.466 e. The molecule has 30 heavy (non-hydrogen) atoms. The van der Waals surface area contributed by atoms with Crippen molar-refractivity contribution in [1.82, 2.24) is 4.90 Å². The molecule has 1 saturated carbocycles. The Labute approximate surface area is 172 Å². The number of piperidine rings is 1. The second-order valence-corrected chi connectivity index (χ2v) is 7.61. The summed E-state index contributed by atoms with van der Waals surface area (Å²) in [6.45, 7) is 1.73. The maximum Gasteiger partial charge on any atom is 0.430 e. The topological polar surface area (TPSA) is 79.6 Å². The smallest absolute Gasteiger partial charge is 0.430 e. The average molecular weight is 424 g/mol. The number of alkyl halides is 3. The fraction of sp³-hybridized carbons (Fsp3) is 0.571. The SMILES string of the molecule is CCOC(=O)C12CCCN(C(=O)C(OC)(c3ccccc3)C(F)(F)F)C1[C@H](C#N)C2. The Hall–Kier alpha value is -2.60. The van der Waals surface area contributed by atoms with Gasteiger partial charge in [0.2, 0.25) is 0 Å². The number of benzene rings is 1. The number of carbonyl (C=O) groups is 2. The summed E-state index contributed by atoms with van der Waals surface area (Å²) < 4.78 is 53.1. The van der Waals surface area contributed by atoms with E-state index in [0.29, 0.717) is 12.8 Å². The maximum absolute atomic E-state index is 14.3. The molecule has 0 aromatic heterocycles. The standard InChI is InChI=1S/C21H23F3N2O4/c1-3-30-18(28)19-10-7-11-26(16(19)14(12-19)13-25)17(27)20(29-2,21(22,23)24)15-8-5-4-6-9-15/h4-6,8-9,14,16H,3,7,10-12H2,1-2H3/t14-,16?,19?,20?/m0/s1. The Morgan fingerprint density at radius 3 is 2.50 bits per heavy atom. The molecule has 0 bridgehead atoms. The zero-order valence-electron chi connectivity index (χ0n) is 16.7. The lowest BCUT2D eigenvalue weighted by atomic mass is 9.53. The number of likely N-dealkylation sites (tertiary alicyclic amines) is 1.